The molecule has 1 fully saturated rings. The van der Waals surface area contributed by atoms with Gasteiger partial charge in [0.05, 0.1) is 5.56 Å². The number of tetrazole rings is 1. The summed E-state index contributed by atoms with van der Waals surface area (Å²) < 4.78 is 50.0. The minimum atomic E-state index is -4.47. The van der Waals surface area contributed by atoms with E-state index in [1.807, 2.05) is 0 Å². The molecule has 2 aromatic carbocycles. The molecule has 0 radical (unpaired) electrons. The van der Waals surface area contributed by atoms with E-state index in [1.54, 1.807) is 43.5 Å². The molecule has 2 aromatic heterocycles. The molecule has 0 bridgehead atoms. The summed E-state index contributed by atoms with van der Waals surface area (Å²) in [6, 6.07) is 10.9. The van der Waals surface area contributed by atoms with Crippen LogP contribution in [0, 0.1) is 6.92 Å². The summed E-state index contributed by atoms with van der Waals surface area (Å²) in [6.07, 6.45) is -4.36. The van der Waals surface area contributed by atoms with Gasteiger partial charge in [0.2, 0.25) is 23.3 Å². The topological polar surface area (TPSA) is 152 Å². The van der Waals surface area contributed by atoms with Crippen LogP contribution in [0.4, 0.5) is 18.9 Å². The molecule has 2 unspecified atom stereocenters. The molecule has 3 N–H and O–H groups in total. The molecular weight excluding hydrogens is 533 g/mol. The number of hydrogen-bond donors (Lipinski definition) is 3. The molecule has 40 heavy (non-hydrogen) atoms. The molecule has 2 heterocycles. The van der Waals surface area contributed by atoms with Gasteiger partial charge >= 0.3 is 6.18 Å². The number of aryl methyl sites for hydroxylation is 1. The van der Waals surface area contributed by atoms with Crippen LogP contribution in [0.5, 0.6) is 11.6 Å². The van der Waals surface area contributed by atoms with Gasteiger partial charge in [0.15, 0.2) is 0 Å². The third-order valence-corrected chi connectivity index (χ3v) is 6.02. The number of anilines is 1. The molecule has 1 aliphatic carbocycles. The second-order valence-electron chi connectivity index (χ2n) is 8.94. The highest BCUT2D eigenvalue weighted by atomic mass is 19.4. The van der Waals surface area contributed by atoms with Crippen LogP contribution in [0.15, 0.2) is 54.7 Å². The van der Waals surface area contributed by atoms with Gasteiger partial charge in [-0.3, -0.25) is 9.59 Å². The number of ether oxygens (including phenoxy) is 2. The smallest absolute Gasteiger partial charge is 0.416 e. The number of alkyl halides is 3. The van der Waals surface area contributed by atoms with E-state index in [0.717, 1.165) is 12.1 Å². The van der Waals surface area contributed by atoms with Crippen LogP contribution in [-0.4, -0.2) is 67.6 Å². The molecule has 0 spiro atoms. The Morgan fingerprint density at radius 1 is 0.975 bits per heavy atom. The van der Waals surface area contributed by atoms with E-state index in [2.05, 4.69) is 30.9 Å². The largest absolute Gasteiger partial charge is 0.490 e. The molecule has 14 heteroatoms. The van der Waals surface area contributed by atoms with Crippen LogP contribution < -0.4 is 14.8 Å². The minimum absolute atomic E-state index is 0.000196. The second-order valence-corrected chi connectivity index (χ2v) is 8.94. The lowest BCUT2D eigenvalue weighted by Crippen LogP contribution is -2.61. The highest BCUT2D eigenvalue weighted by Crippen LogP contribution is 2.33. The van der Waals surface area contributed by atoms with Gasteiger partial charge in [-0.05, 0) is 65.7 Å². The molecular formula is C26H21F3N6O5. The Labute approximate surface area is 224 Å². The standard InChI is InChI=1S/C26H21F3N6O5/c1-13-6-17(26(27,28)29)11-19(7-13)39-4-5-40-20-3-2-14(12-30-20)15-8-16(25-32-34-35-33-25)10-18(9-15)31-21-22(36)24(38)23(21)37/h2-3,6-12,21-22,31,36H,4-5H2,1H3,(H,32,33,34,35). The number of pyridine rings is 1. The average molecular weight is 554 g/mol. The maximum absolute atomic E-state index is 13.0. The van der Waals surface area contributed by atoms with Crippen molar-refractivity contribution in [1.29, 1.82) is 0 Å². The quantitative estimate of drug-likeness (QED) is 0.208. The SMILES string of the molecule is Cc1cc(OCCOc2ccc(-c3cc(NC4C(=O)C(=O)C4O)cc(-c4nn[nH]n4)c3)cn2)cc(C(F)(F)F)c1. The number of hydrogen-bond acceptors (Lipinski definition) is 10. The molecule has 4 aromatic rings. The lowest BCUT2D eigenvalue weighted by atomic mass is 9.85. The maximum atomic E-state index is 13.0. The summed E-state index contributed by atoms with van der Waals surface area (Å²) >= 11 is 0. The number of aliphatic hydroxyl groups excluding tert-OH is 1. The number of benzene rings is 2. The summed E-state index contributed by atoms with van der Waals surface area (Å²) in [7, 11) is 0. The fourth-order valence-corrected chi connectivity index (χ4v) is 4.05. The number of aromatic amines is 1. The Kier molecular flexibility index (Phi) is 7.17. The van der Waals surface area contributed by atoms with Crippen molar-refractivity contribution in [3.63, 3.8) is 0 Å². The first-order valence-corrected chi connectivity index (χ1v) is 11.9. The number of aromatic nitrogens is 5. The number of H-pyrrole nitrogens is 1. The first-order valence-electron chi connectivity index (χ1n) is 11.9. The van der Waals surface area contributed by atoms with E-state index in [-0.39, 0.29) is 30.7 Å². The number of halogens is 3. The molecule has 2 atom stereocenters. The second kappa shape index (κ2) is 10.7. The third-order valence-electron chi connectivity index (χ3n) is 6.02. The number of nitrogens with zero attached hydrogens (tertiary/aromatic N) is 4. The van der Waals surface area contributed by atoms with Gasteiger partial charge in [0, 0.05) is 29.1 Å². The monoisotopic (exact) mass is 554 g/mol. The number of aliphatic hydroxyl groups is 1. The van der Waals surface area contributed by atoms with Gasteiger partial charge in [-0.2, -0.15) is 18.4 Å². The first-order chi connectivity index (χ1) is 19.1. The summed E-state index contributed by atoms with van der Waals surface area (Å²) in [5.74, 6) is -0.922. The fourth-order valence-electron chi connectivity index (χ4n) is 4.05. The van der Waals surface area contributed by atoms with Gasteiger partial charge in [-0.25, -0.2) is 4.98 Å². The van der Waals surface area contributed by atoms with Crippen LogP contribution >= 0.6 is 0 Å². The van der Waals surface area contributed by atoms with Gasteiger partial charge < -0.3 is 19.9 Å². The van der Waals surface area contributed by atoms with Crippen molar-refractivity contribution in [1.82, 2.24) is 25.6 Å². The number of carbonyl (C=O) groups is 2. The average Bonchev–Trinajstić information content (AvgIpc) is 3.48. The van der Waals surface area contributed by atoms with Crippen molar-refractivity contribution in [2.24, 2.45) is 0 Å². The number of nitrogens with one attached hydrogen (secondary N) is 2. The molecule has 0 saturated heterocycles. The number of carbonyl (C=O) groups excluding carboxylic acids is 2. The van der Waals surface area contributed by atoms with E-state index in [0.29, 0.717) is 27.9 Å². The summed E-state index contributed by atoms with van der Waals surface area (Å²) in [4.78, 5) is 27.5. The van der Waals surface area contributed by atoms with Crippen LogP contribution in [0.25, 0.3) is 22.5 Å². The minimum Gasteiger partial charge on any atom is -0.490 e. The molecule has 0 amide bonds. The first kappa shape index (κ1) is 26.7. The highest BCUT2D eigenvalue weighted by molar-refractivity contribution is 6.49. The van der Waals surface area contributed by atoms with E-state index in [1.165, 1.54) is 6.07 Å². The third kappa shape index (κ3) is 5.76. The normalized spacial score (nSPS) is 16.9. The van der Waals surface area contributed by atoms with Crippen LogP contribution in [0.3, 0.4) is 0 Å². The zero-order valence-corrected chi connectivity index (χ0v) is 20.8. The fraction of sp³-hybridized carbons (Fsp3) is 0.231. The zero-order valence-electron chi connectivity index (χ0n) is 20.8. The van der Waals surface area contributed by atoms with Crippen molar-refractivity contribution in [3.05, 3.63) is 65.9 Å². The molecule has 0 aliphatic heterocycles. The maximum Gasteiger partial charge on any atom is 0.416 e. The lowest BCUT2D eigenvalue weighted by molar-refractivity contribution is -0.152. The Bertz CT molecular complexity index is 1540. The van der Waals surface area contributed by atoms with Crippen molar-refractivity contribution < 1.29 is 37.3 Å². The van der Waals surface area contributed by atoms with Gasteiger partial charge in [-0.1, -0.05) is 0 Å². The van der Waals surface area contributed by atoms with Crippen LogP contribution in [0.2, 0.25) is 0 Å². The lowest BCUT2D eigenvalue weighted by Gasteiger charge is -2.30. The predicted octanol–water partition coefficient (Wildman–Crippen LogP) is 3.01. The summed E-state index contributed by atoms with van der Waals surface area (Å²) in [6.45, 7) is 1.60. The van der Waals surface area contributed by atoms with Gasteiger partial charge in [0.1, 0.15) is 31.1 Å². The number of rotatable bonds is 9. The summed E-state index contributed by atoms with van der Waals surface area (Å²) in [5.41, 5.74) is 1.93. The van der Waals surface area contributed by atoms with Crippen molar-refractivity contribution in [2.45, 2.75) is 25.2 Å². The Balaban J connectivity index is 1.26. The Hall–Kier alpha value is -4.85. The van der Waals surface area contributed by atoms with Crippen molar-refractivity contribution in [3.8, 4) is 34.1 Å². The highest BCUT2D eigenvalue weighted by Gasteiger charge is 2.48. The van der Waals surface area contributed by atoms with E-state index >= 15 is 0 Å². The molecule has 5 rings (SSSR count). The Morgan fingerprint density at radius 2 is 1.75 bits per heavy atom. The number of Topliss-reactive ketones (excluding diaryl/α,β-unsaturated/α-hetero) is 2. The van der Waals surface area contributed by atoms with Gasteiger partial charge in [0.25, 0.3) is 0 Å². The van der Waals surface area contributed by atoms with Crippen LogP contribution in [0.1, 0.15) is 11.1 Å². The Morgan fingerprint density at radius 3 is 2.42 bits per heavy atom. The molecule has 1 aliphatic rings. The van der Waals surface area contributed by atoms with E-state index in [9.17, 15) is 27.9 Å². The van der Waals surface area contributed by atoms with E-state index < -0.39 is 35.5 Å². The summed E-state index contributed by atoms with van der Waals surface area (Å²) in [5, 5.41) is 26.6. The van der Waals surface area contributed by atoms with E-state index in [4.69, 9.17) is 9.47 Å². The predicted molar refractivity (Wildman–Crippen MR) is 133 cm³/mol. The van der Waals surface area contributed by atoms with Gasteiger partial charge in [-0.15, -0.1) is 10.2 Å². The van der Waals surface area contributed by atoms with Crippen molar-refractivity contribution in [2.75, 3.05) is 18.5 Å². The zero-order chi connectivity index (χ0) is 28.4. The van der Waals surface area contributed by atoms with Crippen molar-refractivity contribution >= 4 is 17.3 Å². The van der Waals surface area contributed by atoms with Crippen LogP contribution in [-0.2, 0) is 15.8 Å². The number of ketones is 2. The molecule has 1 saturated carbocycles. The molecule has 11 nitrogen and oxygen atoms in total. The molecule has 206 valence electrons.